The molecule has 1 aromatic heterocycles. The molecule has 0 fully saturated rings. The summed E-state index contributed by atoms with van der Waals surface area (Å²) >= 11 is 1.33. The molecule has 0 bridgehead atoms. The molecule has 0 N–H and O–H groups in total. The number of hydrogen-bond acceptors (Lipinski definition) is 8. The maximum absolute atomic E-state index is 13.0. The minimum atomic E-state index is -0.0331. The Kier molecular flexibility index (Phi) is 5.31. The highest BCUT2D eigenvalue weighted by atomic mass is 32.2. The number of para-hydroxylation sites is 1. The first-order valence-corrected chi connectivity index (χ1v) is 11.7. The van der Waals surface area contributed by atoms with Crippen molar-refractivity contribution in [2.24, 2.45) is 0 Å². The van der Waals surface area contributed by atoms with Crippen molar-refractivity contribution in [3.63, 3.8) is 0 Å². The van der Waals surface area contributed by atoms with E-state index >= 15 is 0 Å². The molecule has 0 unspecified atom stereocenters. The van der Waals surface area contributed by atoms with Crippen LogP contribution in [0.4, 0.5) is 0 Å². The topological polar surface area (TPSA) is 84.7 Å². The highest BCUT2D eigenvalue weighted by Crippen LogP contribution is 2.37. The van der Waals surface area contributed by atoms with Crippen LogP contribution in [-0.2, 0) is 0 Å². The molecule has 3 heterocycles. The Labute approximate surface area is 199 Å². The van der Waals surface area contributed by atoms with Crippen LogP contribution in [0.3, 0.4) is 0 Å². The van der Waals surface area contributed by atoms with Crippen molar-refractivity contribution in [3.05, 3.63) is 72.3 Å². The van der Waals surface area contributed by atoms with E-state index in [1.165, 1.54) is 11.8 Å². The standard InChI is InChI=1S/C25H19N3O5S/c29-19(16-6-8-20-22(12-16)31-11-10-30-20)14-34-25-27-26-24(28(25)18-4-2-1-3-5-18)17-7-9-21-23(13-17)33-15-32-21/h1-9,12-13H,10-11,14-15H2. The lowest BCUT2D eigenvalue weighted by molar-refractivity contribution is 0.102. The van der Waals surface area contributed by atoms with Gasteiger partial charge in [0.05, 0.1) is 5.75 Å². The maximum atomic E-state index is 13.0. The number of ether oxygens (including phenoxy) is 4. The van der Waals surface area contributed by atoms with Gasteiger partial charge < -0.3 is 18.9 Å². The van der Waals surface area contributed by atoms with E-state index in [-0.39, 0.29) is 18.3 Å². The van der Waals surface area contributed by atoms with Crippen LogP contribution < -0.4 is 18.9 Å². The SMILES string of the molecule is O=C(CSc1nnc(-c2ccc3c(c2)OCO3)n1-c1ccccc1)c1ccc2c(c1)OCCO2. The van der Waals surface area contributed by atoms with E-state index in [0.29, 0.717) is 52.8 Å². The Morgan fingerprint density at radius 2 is 1.56 bits per heavy atom. The van der Waals surface area contributed by atoms with Gasteiger partial charge in [0.2, 0.25) is 6.79 Å². The van der Waals surface area contributed by atoms with Gasteiger partial charge in [0.15, 0.2) is 39.8 Å². The molecule has 0 radical (unpaired) electrons. The Bertz CT molecular complexity index is 1370. The van der Waals surface area contributed by atoms with Crippen LogP contribution in [0.1, 0.15) is 10.4 Å². The molecule has 6 rings (SSSR count). The average Bonchev–Trinajstić information content (AvgIpc) is 3.54. The molecule has 0 saturated carbocycles. The first-order chi connectivity index (χ1) is 16.8. The summed E-state index contributed by atoms with van der Waals surface area (Å²) in [5.41, 5.74) is 2.30. The van der Waals surface area contributed by atoms with Gasteiger partial charge in [-0.3, -0.25) is 9.36 Å². The number of hydrogen-bond donors (Lipinski definition) is 0. The maximum Gasteiger partial charge on any atom is 0.231 e. The number of Topliss-reactive ketones (excluding diaryl/α,β-unsaturated/α-hetero) is 1. The normalized spacial score (nSPS) is 13.6. The molecule has 9 heteroatoms. The van der Waals surface area contributed by atoms with Gasteiger partial charge in [-0.25, -0.2) is 0 Å². The zero-order valence-electron chi connectivity index (χ0n) is 18.0. The lowest BCUT2D eigenvalue weighted by atomic mass is 10.1. The zero-order valence-corrected chi connectivity index (χ0v) is 18.8. The van der Waals surface area contributed by atoms with Crippen molar-refractivity contribution < 1.29 is 23.7 Å². The van der Waals surface area contributed by atoms with Gasteiger partial charge in [0.1, 0.15) is 13.2 Å². The molecule has 2 aliphatic heterocycles. The number of aromatic nitrogens is 3. The second-order valence-electron chi connectivity index (χ2n) is 7.62. The van der Waals surface area contributed by atoms with Crippen LogP contribution in [0.2, 0.25) is 0 Å². The van der Waals surface area contributed by atoms with Crippen molar-refractivity contribution in [2.45, 2.75) is 5.16 Å². The molecule has 0 saturated heterocycles. The fourth-order valence-electron chi connectivity index (χ4n) is 3.83. The van der Waals surface area contributed by atoms with E-state index in [9.17, 15) is 4.79 Å². The van der Waals surface area contributed by atoms with Gasteiger partial charge >= 0.3 is 0 Å². The van der Waals surface area contributed by atoms with Crippen LogP contribution >= 0.6 is 11.8 Å². The quantitative estimate of drug-likeness (QED) is 0.301. The predicted molar refractivity (Wildman–Crippen MR) is 125 cm³/mol. The Morgan fingerprint density at radius 1 is 0.824 bits per heavy atom. The van der Waals surface area contributed by atoms with Crippen LogP contribution in [-0.4, -0.2) is 46.3 Å². The van der Waals surface area contributed by atoms with Crippen molar-refractivity contribution in [1.82, 2.24) is 14.8 Å². The molecule has 0 amide bonds. The fraction of sp³-hybridized carbons (Fsp3) is 0.160. The number of rotatable bonds is 6. The summed E-state index contributed by atoms with van der Waals surface area (Å²) in [6, 6.07) is 20.8. The molecule has 170 valence electrons. The third-order valence-corrected chi connectivity index (χ3v) is 6.40. The number of thioether (sulfide) groups is 1. The first kappa shape index (κ1) is 20.6. The average molecular weight is 474 g/mol. The van der Waals surface area contributed by atoms with Crippen molar-refractivity contribution >= 4 is 17.5 Å². The van der Waals surface area contributed by atoms with Gasteiger partial charge in [0, 0.05) is 16.8 Å². The molecule has 34 heavy (non-hydrogen) atoms. The van der Waals surface area contributed by atoms with Crippen LogP contribution in [0.15, 0.2) is 71.9 Å². The monoisotopic (exact) mass is 473 g/mol. The lowest BCUT2D eigenvalue weighted by Gasteiger charge is -2.18. The summed E-state index contributed by atoms with van der Waals surface area (Å²) in [4.78, 5) is 13.0. The molecule has 4 aromatic rings. The summed E-state index contributed by atoms with van der Waals surface area (Å²) in [5, 5.41) is 9.47. The third kappa shape index (κ3) is 3.84. The van der Waals surface area contributed by atoms with Gasteiger partial charge in [-0.05, 0) is 48.5 Å². The van der Waals surface area contributed by atoms with E-state index in [1.807, 2.05) is 53.1 Å². The van der Waals surface area contributed by atoms with E-state index in [2.05, 4.69) is 10.2 Å². The van der Waals surface area contributed by atoms with E-state index in [0.717, 1.165) is 11.3 Å². The highest BCUT2D eigenvalue weighted by molar-refractivity contribution is 7.99. The molecule has 0 atom stereocenters. The van der Waals surface area contributed by atoms with Crippen molar-refractivity contribution in [3.8, 4) is 40.1 Å². The van der Waals surface area contributed by atoms with E-state index in [4.69, 9.17) is 18.9 Å². The summed E-state index contributed by atoms with van der Waals surface area (Å²) in [7, 11) is 0. The molecular weight excluding hydrogens is 454 g/mol. The van der Waals surface area contributed by atoms with Gasteiger partial charge in [-0.1, -0.05) is 30.0 Å². The van der Waals surface area contributed by atoms with Gasteiger partial charge in [-0.2, -0.15) is 0 Å². The molecule has 3 aromatic carbocycles. The van der Waals surface area contributed by atoms with Crippen LogP contribution in [0.25, 0.3) is 17.1 Å². The molecular formula is C25H19N3O5S. The Hall–Kier alpha value is -3.98. The smallest absolute Gasteiger partial charge is 0.231 e. The first-order valence-electron chi connectivity index (χ1n) is 10.7. The molecule has 0 aliphatic carbocycles. The van der Waals surface area contributed by atoms with E-state index in [1.54, 1.807) is 18.2 Å². The van der Waals surface area contributed by atoms with Crippen LogP contribution in [0, 0.1) is 0 Å². The molecule has 8 nitrogen and oxygen atoms in total. The van der Waals surface area contributed by atoms with Crippen molar-refractivity contribution in [2.75, 3.05) is 25.8 Å². The second-order valence-corrected chi connectivity index (χ2v) is 8.56. The third-order valence-electron chi connectivity index (χ3n) is 5.48. The van der Waals surface area contributed by atoms with Crippen molar-refractivity contribution in [1.29, 1.82) is 0 Å². The highest BCUT2D eigenvalue weighted by Gasteiger charge is 2.21. The minimum absolute atomic E-state index is 0.0331. The summed E-state index contributed by atoms with van der Waals surface area (Å²) in [6.45, 7) is 1.19. The summed E-state index contributed by atoms with van der Waals surface area (Å²) in [5.74, 6) is 3.45. The Balaban J connectivity index is 1.30. The van der Waals surface area contributed by atoms with Gasteiger partial charge in [0.25, 0.3) is 0 Å². The summed E-state index contributed by atoms with van der Waals surface area (Å²) in [6.07, 6.45) is 0. The number of fused-ring (bicyclic) bond motifs is 2. The number of carbonyl (C=O) groups is 1. The van der Waals surface area contributed by atoms with E-state index < -0.39 is 0 Å². The second kappa shape index (κ2) is 8.75. The Morgan fingerprint density at radius 3 is 2.44 bits per heavy atom. The lowest BCUT2D eigenvalue weighted by Crippen LogP contribution is -2.16. The van der Waals surface area contributed by atoms with Crippen LogP contribution in [0.5, 0.6) is 23.0 Å². The molecule has 2 aliphatic rings. The summed E-state index contributed by atoms with van der Waals surface area (Å²) < 4.78 is 24.1. The molecule has 0 spiro atoms. The largest absolute Gasteiger partial charge is 0.486 e. The number of nitrogens with zero attached hydrogens (tertiary/aromatic N) is 3. The number of ketones is 1. The fourth-order valence-corrected chi connectivity index (χ4v) is 4.67. The number of benzene rings is 3. The predicted octanol–water partition coefficient (Wildman–Crippen LogP) is 4.41. The zero-order chi connectivity index (χ0) is 22.9. The number of carbonyl (C=O) groups excluding carboxylic acids is 1. The van der Waals surface area contributed by atoms with Gasteiger partial charge in [-0.15, -0.1) is 10.2 Å². The minimum Gasteiger partial charge on any atom is -0.486 e.